The number of hydrogen-bond donors (Lipinski definition) is 3. The fourth-order valence-corrected chi connectivity index (χ4v) is 2.69. The average molecular weight is 380 g/mol. The molecule has 3 N–H and O–H groups in total. The van der Waals surface area contributed by atoms with Gasteiger partial charge in [-0.25, -0.2) is 9.78 Å². The molecule has 0 saturated heterocycles. The molecule has 0 unspecified atom stereocenters. The molecule has 0 aromatic carbocycles. The molecule has 28 heavy (non-hydrogen) atoms. The van der Waals surface area contributed by atoms with Crippen LogP contribution in [-0.2, 0) is 4.79 Å². The first kappa shape index (κ1) is 19.3. The van der Waals surface area contributed by atoms with Crippen LogP contribution in [0.25, 0.3) is 16.8 Å². The van der Waals surface area contributed by atoms with Gasteiger partial charge in [0.15, 0.2) is 5.82 Å². The lowest BCUT2D eigenvalue weighted by Crippen LogP contribution is -2.42. The minimum absolute atomic E-state index is 0.108. The number of anilines is 1. The Labute approximate surface area is 163 Å². The lowest BCUT2D eigenvalue weighted by Gasteiger charge is -2.20. The lowest BCUT2D eigenvalue weighted by molar-refractivity contribution is -0.122. The van der Waals surface area contributed by atoms with Crippen molar-refractivity contribution >= 4 is 23.4 Å². The summed E-state index contributed by atoms with van der Waals surface area (Å²) in [5.74, 6) is 0.323. The quantitative estimate of drug-likeness (QED) is 0.634. The molecule has 0 fully saturated rings. The molecule has 0 saturated carbocycles. The van der Waals surface area contributed by atoms with Crippen molar-refractivity contribution in [1.82, 2.24) is 25.0 Å². The Kier molecular flexibility index (Phi) is 5.58. The van der Waals surface area contributed by atoms with Crippen LogP contribution in [0.1, 0.15) is 27.2 Å². The number of hydrogen-bond acceptors (Lipinski definition) is 4. The fraction of sp³-hybridized carbons (Fsp3) is 0.300. The standard InChI is InChI=1S/C20H24N6O2/c1-20(2,3)25-18(27)8-10-22-19(28)24-16-13-26-12-15(6-7-17(26)23-16)14-5-4-9-21-11-14/h4-7,9,11-13H,8,10H2,1-3H3,(H,25,27)(H2,22,24,28). The third kappa shape index (κ3) is 5.29. The molecule has 146 valence electrons. The number of fused-ring (bicyclic) bond motifs is 1. The van der Waals surface area contributed by atoms with Crippen LogP contribution in [0.3, 0.4) is 0 Å². The van der Waals surface area contributed by atoms with Crippen LogP contribution in [0.2, 0.25) is 0 Å². The van der Waals surface area contributed by atoms with E-state index >= 15 is 0 Å². The molecule has 0 aliphatic heterocycles. The summed E-state index contributed by atoms with van der Waals surface area (Å²) in [6, 6.07) is 7.29. The summed E-state index contributed by atoms with van der Waals surface area (Å²) in [6.45, 7) is 5.97. The second-order valence-electron chi connectivity index (χ2n) is 7.48. The number of carbonyl (C=O) groups excluding carboxylic acids is 2. The first-order valence-electron chi connectivity index (χ1n) is 9.05. The average Bonchev–Trinajstić information content (AvgIpc) is 3.02. The first-order valence-corrected chi connectivity index (χ1v) is 9.05. The van der Waals surface area contributed by atoms with E-state index in [9.17, 15) is 9.59 Å². The van der Waals surface area contributed by atoms with Gasteiger partial charge in [0, 0.05) is 42.7 Å². The molecule has 8 heteroatoms. The predicted molar refractivity (Wildman–Crippen MR) is 108 cm³/mol. The Morgan fingerprint density at radius 3 is 2.64 bits per heavy atom. The molecule has 3 heterocycles. The van der Waals surface area contributed by atoms with Crippen molar-refractivity contribution in [3.8, 4) is 11.1 Å². The topological polar surface area (TPSA) is 100 Å². The van der Waals surface area contributed by atoms with E-state index in [1.165, 1.54) is 0 Å². The Morgan fingerprint density at radius 2 is 1.93 bits per heavy atom. The molecular formula is C20H24N6O2. The predicted octanol–water partition coefficient (Wildman–Crippen LogP) is 2.82. The second-order valence-corrected chi connectivity index (χ2v) is 7.48. The Bertz CT molecular complexity index is 975. The van der Waals surface area contributed by atoms with E-state index in [1.807, 2.05) is 55.6 Å². The van der Waals surface area contributed by atoms with Crippen LogP contribution < -0.4 is 16.0 Å². The summed E-state index contributed by atoms with van der Waals surface area (Å²) in [7, 11) is 0. The number of amides is 3. The highest BCUT2D eigenvalue weighted by molar-refractivity contribution is 5.89. The van der Waals surface area contributed by atoms with E-state index in [4.69, 9.17) is 0 Å². The van der Waals surface area contributed by atoms with Crippen LogP contribution >= 0.6 is 0 Å². The summed E-state index contributed by atoms with van der Waals surface area (Å²) >= 11 is 0. The number of imidazole rings is 1. The van der Waals surface area contributed by atoms with E-state index in [0.29, 0.717) is 11.5 Å². The van der Waals surface area contributed by atoms with Crippen molar-refractivity contribution in [3.63, 3.8) is 0 Å². The largest absolute Gasteiger partial charge is 0.351 e. The SMILES string of the molecule is CC(C)(C)NC(=O)CCNC(=O)Nc1cn2cc(-c3cccnc3)ccc2n1. The lowest BCUT2D eigenvalue weighted by atomic mass is 10.1. The molecule has 8 nitrogen and oxygen atoms in total. The van der Waals surface area contributed by atoms with Crippen LogP contribution in [-0.4, -0.2) is 38.4 Å². The summed E-state index contributed by atoms with van der Waals surface area (Å²) in [6.07, 6.45) is 7.40. The molecule has 3 aromatic heterocycles. The van der Waals surface area contributed by atoms with Gasteiger partial charge >= 0.3 is 6.03 Å². The van der Waals surface area contributed by atoms with Crippen molar-refractivity contribution in [3.05, 3.63) is 49.1 Å². The second kappa shape index (κ2) is 8.08. The van der Waals surface area contributed by atoms with Crippen molar-refractivity contribution < 1.29 is 9.59 Å². The highest BCUT2D eigenvalue weighted by atomic mass is 16.2. The van der Waals surface area contributed by atoms with Gasteiger partial charge < -0.3 is 15.0 Å². The van der Waals surface area contributed by atoms with Gasteiger partial charge in [0.1, 0.15) is 5.65 Å². The highest BCUT2D eigenvalue weighted by Crippen LogP contribution is 2.20. The molecule has 0 bridgehead atoms. The van der Waals surface area contributed by atoms with Gasteiger partial charge in [-0.1, -0.05) is 6.07 Å². The molecule has 0 atom stereocenters. The van der Waals surface area contributed by atoms with E-state index in [-0.39, 0.29) is 24.4 Å². The van der Waals surface area contributed by atoms with Crippen molar-refractivity contribution in [2.75, 3.05) is 11.9 Å². The number of aromatic nitrogens is 3. The summed E-state index contributed by atoms with van der Waals surface area (Å²) in [5.41, 5.74) is 2.43. The molecule has 3 amide bonds. The molecule has 3 aromatic rings. The number of rotatable bonds is 5. The van der Waals surface area contributed by atoms with Gasteiger partial charge in [-0.05, 0) is 44.5 Å². The van der Waals surface area contributed by atoms with Crippen LogP contribution in [0.15, 0.2) is 49.1 Å². The first-order chi connectivity index (χ1) is 13.3. The number of nitrogens with one attached hydrogen (secondary N) is 3. The fourth-order valence-electron chi connectivity index (χ4n) is 2.69. The van der Waals surface area contributed by atoms with Gasteiger partial charge in [-0.2, -0.15) is 0 Å². The van der Waals surface area contributed by atoms with Crippen LogP contribution in [0, 0.1) is 0 Å². The van der Waals surface area contributed by atoms with E-state index in [0.717, 1.165) is 11.1 Å². The smallest absolute Gasteiger partial charge is 0.320 e. The zero-order valence-electron chi connectivity index (χ0n) is 16.2. The summed E-state index contributed by atoms with van der Waals surface area (Å²) < 4.78 is 1.84. The van der Waals surface area contributed by atoms with Gasteiger partial charge in [-0.3, -0.25) is 15.1 Å². The van der Waals surface area contributed by atoms with E-state index in [1.54, 1.807) is 18.6 Å². The van der Waals surface area contributed by atoms with Crippen molar-refractivity contribution in [2.24, 2.45) is 0 Å². The van der Waals surface area contributed by atoms with Gasteiger partial charge in [-0.15, -0.1) is 0 Å². The molecule has 0 radical (unpaired) electrons. The number of pyridine rings is 2. The Balaban J connectivity index is 1.57. The third-order valence-electron chi connectivity index (χ3n) is 3.84. The number of urea groups is 1. The minimum Gasteiger partial charge on any atom is -0.351 e. The highest BCUT2D eigenvalue weighted by Gasteiger charge is 2.13. The Hall–Kier alpha value is -3.42. The van der Waals surface area contributed by atoms with E-state index < -0.39 is 6.03 Å². The zero-order chi connectivity index (χ0) is 20.1. The van der Waals surface area contributed by atoms with Gasteiger partial charge in [0.05, 0.1) is 6.20 Å². The Morgan fingerprint density at radius 1 is 1.11 bits per heavy atom. The molecular weight excluding hydrogens is 356 g/mol. The van der Waals surface area contributed by atoms with Crippen molar-refractivity contribution in [2.45, 2.75) is 32.7 Å². The maximum absolute atomic E-state index is 12.0. The van der Waals surface area contributed by atoms with Gasteiger partial charge in [0.25, 0.3) is 0 Å². The van der Waals surface area contributed by atoms with Crippen LogP contribution in [0.5, 0.6) is 0 Å². The summed E-state index contributed by atoms with van der Waals surface area (Å²) in [5, 5.41) is 8.20. The maximum Gasteiger partial charge on any atom is 0.320 e. The molecule has 3 rings (SSSR count). The van der Waals surface area contributed by atoms with Crippen molar-refractivity contribution in [1.29, 1.82) is 0 Å². The molecule has 0 spiro atoms. The number of nitrogens with zero attached hydrogens (tertiary/aromatic N) is 3. The van der Waals surface area contributed by atoms with Crippen LogP contribution in [0.4, 0.5) is 10.6 Å². The third-order valence-corrected chi connectivity index (χ3v) is 3.84. The maximum atomic E-state index is 12.0. The van der Waals surface area contributed by atoms with E-state index in [2.05, 4.69) is 25.9 Å². The summed E-state index contributed by atoms with van der Waals surface area (Å²) in [4.78, 5) is 32.3. The monoisotopic (exact) mass is 380 g/mol. The molecule has 0 aliphatic rings. The number of carbonyl (C=O) groups is 2. The normalized spacial score (nSPS) is 11.2. The molecule has 0 aliphatic carbocycles. The van der Waals surface area contributed by atoms with Gasteiger partial charge in [0.2, 0.25) is 5.91 Å². The minimum atomic E-state index is -0.403. The zero-order valence-corrected chi connectivity index (χ0v) is 16.2.